The lowest BCUT2D eigenvalue weighted by molar-refractivity contribution is 0.0697. The molecule has 0 saturated heterocycles. The molecule has 5 nitrogen and oxygen atoms in total. The molecule has 0 heterocycles. The van der Waals surface area contributed by atoms with Gasteiger partial charge in [-0.15, -0.1) is 0 Å². The summed E-state index contributed by atoms with van der Waals surface area (Å²) >= 11 is 6.95. The summed E-state index contributed by atoms with van der Waals surface area (Å²) in [5, 5.41) is 19.2. The molecule has 3 aromatic rings. The highest BCUT2D eigenvalue weighted by Crippen LogP contribution is 2.43. The Morgan fingerprint density at radius 1 is 0.944 bits per heavy atom. The summed E-state index contributed by atoms with van der Waals surface area (Å²) < 4.78 is 6.07. The van der Waals surface area contributed by atoms with Crippen LogP contribution < -0.4 is 9.64 Å². The first-order valence-corrected chi connectivity index (χ1v) is 12.8. The summed E-state index contributed by atoms with van der Waals surface area (Å²) in [5.41, 5.74) is 6.02. The van der Waals surface area contributed by atoms with Gasteiger partial charge in [0, 0.05) is 31.7 Å². The zero-order valence-electron chi connectivity index (χ0n) is 21.8. The van der Waals surface area contributed by atoms with Crippen LogP contribution in [0.2, 0.25) is 5.02 Å². The molecule has 192 valence electrons. The van der Waals surface area contributed by atoms with Crippen LogP contribution in [0.4, 0.5) is 5.69 Å². The number of carbonyl (C=O) groups is 1. The fourth-order valence-corrected chi connectivity index (χ4v) is 4.64. The Labute approximate surface area is 219 Å². The molecule has 6 heteroatoms. The Kier molecular flexibility index (Phi) is 9.04. The Hall–Kier alpha value is -3.02. The molecule has 0 amide bonds. The maximum Gasteiger partial charge on any atom is 0.335 e. The first kappa shape index (κ1) is 27.6. The van der Waals surface area contributed by atoms with Crippen LogP contribution in [0.25, 0.3) is 22.3 Å². The van der Waals surface area contributed by atoms with Crippen molar-refractivity contribution >= 4 is 23.3 Å². The van der Waals surface area contributed by atoms with E-state index in [1.165, 1.54) is 0 Å². The topological polar surface area (TPSA) is 70.0 Å². The SMILES string of the molecule is CCN(CC)c1c(Cl)cc(-c2cc(-c3ccc(C(=O)O)cc3)ccc2OCCCO)cc1C(C)(C)C. The van der Waals surface area contributed by atoms with E-state index < -0.39 is 5.97 Å². The summed E-state index contributed by atoms with van der Waals surface area (Å²) in [6.07, 6.45) is 0.534. The van der Waals surface area contributed by atoms with Crippen LogP contribution in [-0.4, -0.2) is 42.5 Å². The number of aliphatic hydroxyl groups is 1. The molecule has 0 aliphatic heterocycles. The number of ether oxygens (including phenoxy) is 1. The van der Waals surface area contributed by atoms with Crippen molar-refractivity contribution in [3.8, 4) is 28.0 Å². The van der Waals surface area contributed by atoms with Gasteiger partial charge < -0.3 is 19.8 Å². The van der Waals surface area contributed by atoms with E-state index in [1.807, 2.05) is 30.3 Å². The number of carboxylic acids is 1. The Bertz CT molecular complexity index is 1190. The van der Waals surface area contributed by atoms with Crippen molar-refractivity contribution in [3.63, 3.8) is 0 Å². The van der Waals surface area contributed by atoms with E-state index in [2.05, 4.69) is 51.7 Å². The van der Waals surface area contributed by atoms with Crippen molar-refractivity contribution in [1.29, 1.82) is 0 Å². The third-order valence-electron chi connectivity index (χ3n) is 6.27. The standard InChI is InChI=1S/C30H36ClNO4/c1-6-32(7-2)28-25(30(3,4)5)18-23(19-26(28)31)24-17-22(13-14-27(24)36-16-8-15-33)20-9-11-21(12-10-20)29(34)35/h9-14,17-19,33H,6-8,15-16H2,1-5H3,(H,34,35). The lowest BCUT2D eigenvalue weighted by atomic mass is 9.83. The average Bonchev–Trinajstić information content (AvgIpc) is 2.85. The van der Waals surface area contributed by atoms with Crippen molar-refractivity contribution in [2.75, 3.05) is 31.2 Å². The van der Waals surface area contributed by atoms with Crippen LogP contribution in [-0.2, 0) is 5.41 Å². The van der Waals surface area contributed by atoms with E-state index in [0.29, 0.717) is 23.8 Å². The molecule has 0 unspecified atom stereocenters. The Morgan fingerprint density at radius 2 is 1.58 bits per heavy atom. The third-order valence-corrected chi connectivity index (χ3v) is 6.55. The smallest absolute Gasteiger partial charge is 0.335 e. The minimum atomic E-state index is -0.951. The van der Waals surface area contributed by atoms with Gasteiger partial charge in [0.25, 0.3) is 0 Å². The maximum absolute atomic E-state index is 11.3. The zero-order chi connectivity index (χ0) is 26.5. The number of anilines is 1. The van der Waals surface area contributed by atoms with Crippen LogP contribution >= 0.6 is 11.6 Å². The molecule has 0 spiro atoms. The second kappa shape index (κ2) is 11.8. The summed E-state index contributed by atoms with van der Waals surface area (Å²) in [7, 11) is 0. The number of hydrogen-bond donors (Lipinski definition) is 2. The molecule has 0 saturated carbocycles. The molecule has 3 aromatic carbocycles. The first-order valence-electron chi connectivity index (χ1n) is 12.4. The van der Waals surface area contributed by atoms with E-state index in [0.717, 1.165) is 46.6 Å². The van der Waals surface area contributed by atoms with Gasteiger partial charge >= 0.3 is 5.97 Å². The fraction of sp³-hybridized carbons (Fsp3) is 0.367. The van der Waals surface area contributed by atoms with Crippen molar-refractivity contribution in [3.05, 3.63) is 70.7 Å². The van der Waals surface area contributed by atoms with E-state index in [9.17, 15) is 15.0 Å². The van der Waals surface area contributed by atoms with Gasteiger partial charge in [-0.05, 0) is 77.9 Å². The number of rotatable bonds is 10. The molecule has 0 radical (unpaired) electrons. The predicted molar refractivity (Wildman–Crippen MR) is 149 cm³/mol. The number of aromatic carboxylic acids is 1. The molecular weight excluding hydrogens is 474 g/mol. The molecule has 2 N–H and O–H groups in total. The monoisotopic (exact) mass is 509 g/mol. The third kappa shape index (κ3) is 6.21. The van der Waals surface area contributed by atoms with Crippen molar-refractivity contribution < 1.29 is 19.7 Å². The molecular formula is C30H36ClNO4. The Balaban J connectivity index is 2.20. The van der Waals surface area contributed by atoms with Gasteiger partial charge in [-0.3, -0.25) is 0 Å². The highest BCUT2D eigenvalue weighted by molar-refractivity contribution is 6.33. The lowest BCUT2D eigenvalue weighted by Crippen LogP contribution is -2.26. The Morgan fingerprint density at radius 3 is 2.14 bits per heavy atom. The largest absolute Gasteiger partial charge is 0.493 e. The number of nitrogens with zero attached hydrogens (tertiary/aromatic N) is 1. The lowest BCUT2D eigenvalue weighted by Gasteiger charge is -2.32. The van der Waals surface area contributed by atoms with Gasteiger partial charge in [0.15, 0.2) is 0 Å². The van der Waals surface area contributed by atoms with Gasteiger partial charge in [0.05, 0.1) is 22.9 Å². The minimum absolute atomic E-state index is 0.0575. The second-order valence-corrected chi connectivity index (χ2v) is 10.2. The highest BCUT2D eigenvalue weighted by atomic mass is 35.5. The van der Waals surface area contributed by atoms with E-state index in [-0.39, 0.29) is 17.6 Å². The van der Waals surface area contributed by atoms with Crippen LogP contribution in [0.15, 0.2) is 54.6 Å². The number of hydrogen-bond acceptors (Lipinski definition) is 4. The van der Waals surface area contributed by atoms with Crippen LogP contribution in [0, 0.1) is 0 Å². The van der Waals surface area contributed by atoms with Crippen molar-refractivity contribution in [2.45, 2.75) is 46.5 Å². The summed E-state index contributed by atoms with van der Waals surface area (Å²) in [5.74, 6) is -0.242. The molecule has 0 bridgehead atoms. The van der Waals surface area contributed by atoms with Crippen LogP contribution in [0.1, 0.15) is 57.0 Å². The van der Waals surface area contributed by atoms with Crippen LogP contribution in [0.5, 0.6) is 5.75 Å². The second-order valence-electron chi connectivity index (χ2n) is 9.80. The van der Waals surface area contributed by atoms with E-state index in [4.69, 9.17) is 16.3 Å². The quantitative estimate of drug-likeness (QED) is 0.281. The van der Waals surface area contributed by atoms with E-state index >= 15 is 0 Å². The molecule has 0 aromatic heterocycles. The van der Waals surface area contributed by atoms with E-state index in [1.54, 1.807) is 12.1 Å². The summed E-state index contributed by atoms with van der Waals surface area (Å²) in [6, 6.07) is 17.0. The van der Waals surface area contributed by atoms with Gasteiger partial charge in [-0.1, -0.05) is 50.6 Å². The van der Waals surface area contributed by atoms with Gasteiger partial charge in [0.1, 0.15) is 5.75 Å². The average molecular weight is 510 g/mol. The minimum Gasteiger partial charge on any atom is -0.493 e. The highest BCUT2D eigenvalue weighted by Gasteiger charge is 2.25. The van der Waals surface area contributed by atoms with Crippen LogP contribution in [0.3, 0.4) is 0 Å². The zero-order valence-corrected chi connectivity index (χ0v) is 22.5. The molecule has 0 atom stereocenters. The number of carboxylic acid groups (broad SMARTS) is 1. The van der Waals surface area contributed by atoms with Gasteiger partial charge in [-0.25, -0.2) is 4.79 Å². The summed E-state index contributed by atoms with van der Waals surface area (Å²) in [6.45, 7) is 13.0. The van der Waals surface area contributed by atoms with Gasteiger partial charge in [-0.2, -0.15) is 0 Å². The molecule has 0 aliphatic carbocycles. The summed E-state index contributed by atoms with van der Waals surface area (Å²) in [4.78, 5) is 13.6. The number of halogens is 1. The number of aliphatic hydroxyl groups excluding tert-OH is 1. The van der Waals surface area contributed by atoms with Crippen molar-refractivity contribution in [1.82, 2.24) is 0 Å². The number of benzene rings is 3. The maximum atomic E-state index is 11.3. The first-order chi connectivity index (χ1) is 17.1. The molecule has 3 rings (SSSR count). The predicted octanol–water partition coefficient (Wildman–Crippen LogP) is 7.28. The molecule has 36 heavy (non-hydrogen) atoms. The molecule has 0 fully saturated rings. The van der Waals surface area contributed by atoms with Gasteiger partial charge in [0.2, 0.25) is 0 Å². The fourth-order valence-electron chi connectivity index (χ4n) is 4.30. The van der Waals surface area contributed by atoms with Crippen molar-refractivity contribution in [2.24, 2.45) is 0 Å². The molecule has 0 aliphatic rings. The normalized spacial score (nSPS) is 11.4.